The Morgan fingerprint density at radius 1 is 1.12 bits per heavy atom. The van der Waals surface area contributed by atoms with Crippen LogP contribution < -0.4 is 4.90 Å². The van der Waals surface area contributed by atoms with E-state index in [2.05, 4.69) is 73.4 Å². The van der Waals surface area contributed by atoms with Gasteiger partial charge in [-0.05, 0) is 55.8 Å². The quantitative estimate of drug-likeness (QED) is 0.561. The van der Waals surface area contributed by atoms with Crippen molar-refractivity contribution in [3.05, 3.63) is 70.2 Å². The van der Waals surface area contributed by atoms with E-state index >= 15 is 0 Å². The molecular weight excluding hydrogens is 332 g/mol. The summed E-state index contributed by atoms with van der Waals surface area (Å²) in [5, 5.41) is 2.35. The maximum absolute atomic E-state index is 4.70. The molecule has 3 aromatic rings. The Morgan fingerprint density at radius 2 is 1.92 bits per heavy atom. The van der Waals surface area contributed by atoms with E-state index in [0.29, 0.717) is 0 Å². The van der Waals surface area contributed by atoms with E-state index < -0.39 is 0 Å². The minimum absolute atomic E-state index is 0.976. The first-order valence-electron chi connectivity index (χ1n) is 8.04. The number of benzene rings is 2. The van der Waals surface area contributed by atoms with Crippen LogP contribution >= 0.6 is 23.1 Å². The van der Waals surface area contributed by atoms with Crippen LogP contribution in [0.5, 0.6) is 0 Å². The number of thiazole rings is 1. The van der Waals surface area contributed by atoms with E-state index in [1.807, 2.05) is 17.8 Å². The molecule has 2 heterocycles. The van der Waals surface area contributed by atoms with Gasteiger partial charge in [0.2, 0.25) is 0 Å². The Labute approximate surface area is 150 Å². The van der Waals surface area contributed by atoms with Crippen LogP contribution in [0.4, 0.5) is 5.69 Å². The summed E-state index contributed by atoms with van der Waals surface area (Å²) in [6.07, 6.45) is 4.44. The molecule has 0 spiro atoms. The third-order valence-electron chi connectivity index (χ3n) is 3.97. The molecule has 0 saturated carbocycles. The van der Waals surface area contributed by atoms with Gasteiger partial charge in [0, 0.05) is 11.4 Å². The number of allylic oxidation sites excluding steroid dienone is 2. The van der Waals surface area contributed by atoms with E-state index in [1.165, 1.54) is 25.9 Å². The van der Waals surface area contributed by atoms with Crippen molar-refractivity contribution in [2.75, 3.05) is 11.4 Å². The fraction of sp³-hybridized carbons (Fsp3) is 0.150. The summed E-state index contributed by atoms with van der Waals surface area (Å²) in [5.41, 5.74) is 3.61. The zero-order chi connectivity index (χ0) is 16.5. The van der Waals surface area contributed by atoms with E-state index in [4.69, 9.17) is 4.98 Å². The van der Waals surface area contributed by atoms with Crippen LogP contribution in [-0.4, -0.2) is 11.5 Å². The Morgan fingerprint density at radius 3 is 2.75 bits per heavy atom. The number of aromatic nitrogens is 1. The molecule has 1 aliphatic rings. The van der Waals surface area contributed by atoms with Crippen molar-refractivity contribution in [2.45, 2.75) is 18.7 Å². The first-order chi connectivity index (χ1) is 11.7. The lowest BCUT2D eigenvalue weighted by Gasteiger charge is -2.17. The summed E-state index contributed by atoms with van der Waals surface area (Å²) < 4.78 is 1.24. The van der Waals surface area contributed by atoms with Crippen molar-refractivity contribution in [3.8, 4) is 0 Å². The molecule has 0 saturated heterocycles. The molecule has 120 valence electrons. The number of anilines is 1. The number of nitrogens with zero attached hydrogens (tertiary/aromatic N) is 2. The summed E-state index contributed by atoms with van der Waals surface area (Å²) in [7, 11) is 0. The number of rotatable bonds is 3. The number of fused-ring (bicyclic) bond motifs is 2. The Balaban J connectivity index is 1.65. The van der Waals surface area contributed by atoms with E-state index in [9.17, 15) is 0 Å². The van der Waals surface area contributed by atoms with Crippen molar-refractivity contribution in [2.24, 2.45) is 0 Å². The van der Waals surface area contributed by atoms with Crippen LogP contribution in [0.15, 0.2) is 70.1 Å². The van der Waals surface area contributed by atoms with Crippen LogP contribution in [0, 0.1) is 0 Å². The summed E-state index contributed by atoms with van der Waals surface area (Å²) in [4.78, 5) is 8.40. The largest absolute Gasteiger partial charge is 0.335 e. The fourth-order valence-corrected chi connectivity index (χ4v) is 5.09. The van der Waals surface area contributed by atoms with Crippen LogP contribution in [-0.2, 0) is 0 Å². The molecule has 2 nitrogen and oxygen atoms in total. The Hall–Kier alpha value is -2.04. The third kappa shape index (κ3) is 2.87. The Kier molecular flexibility index (Phi) is 4.17. The molecule has 0 fully saturated rings. The van der Waals surface area contributed by atoms with Gasteiger partial charge in [0.1, 0.15) is 5.01 Å². The van der Waals surface area contributed by atoms with Crippen molar-refractivity contribution in [1.29, 1.82) is 0 Å². The lowest BCUT2D eigenvalue weighted by Crippen LogP contribution is -2.16. The highest BCUT2D eigenvalue weighted by molar-refractivity contribution is 8.03. The fourth-order valence-electron chi connectivity index (χ4n) is 2.87. The second kappa shape index (κ2) is 6.46. The molecule has 4 rings (SSSR count). The van der Waals surface area contributed by atoms with E-state index in [1.54, 1.807) is 11.3 Å². The average molecular weight is 351 g/mol. The van der Waals surface area contributed by atoms with Crippen LogP contribution in [0.25, 0.3) is 16.3 Å². The first kappa shape index (κ1) is 15.5. The maximum Gasteiger partial charge on any atom is 0.117 e. The van der Waals surface area contributed by atoms with Crippen molar-refractivity contribution >= 4 is 45.1 Å². The van der Waals surface area contributed by atoms with Gasteiger partial charge in [-0.15, -0.1) is 11.3 Å². The molecular formula is C20H18N2S2. The summed E-state index contributed by atoms with van der Waals surface area (Å²) in [6.45, 7) is 5.32. The van der Waals surface area contributed by atoms with E-state index in [-0.39, 0.29) is 0 Å². The van der Waals surface area contributed by atoms with Gasteiger partial charge in [-0.3, -0.25) is 0 Å². The summed E-state index contributed by atoms with van der Waals surface area (Å²) in [6, 6.07) is 16.9. The van der Waals surface area contributed by atoms with Crippen molar-refractivity contribution in [3.63, 3.8) is 0 Å². The molecule has 0 atom stereocenters. The zero-order valence-corrected chi connectivity index (χ0v) is 15.3. The molecule has 2 aromatic carbocycles. The van der Waals surface area contributed by atoms with Gasteiger partial charge in [-0.1, -0.05) is 36.0 Å². The second-order valence-corrected chi connectivity index (χ2v) is 7.83. The lowest BCUT2D eigenvalue weighted by molar-refractivity contribution is 1.00. The molecule has 0 bridgehead atoms. The third-order valence-corrected chi connectivity index (χ3v) is 6.06. The van der Waals surface area contributed by atoms with Gasteiger partial charge >= 0.3 is 0 Å². The molecule has 0 N–H and O–H groups in total. The highest BCUT2D eigenvalue weighted by atomic mass is 32.2. The molecule has 4 heteroatoms. The monoisotopic (exact) mass is 350 g/mol. The molecule has 0 amide bonds. The predicted octanol–water partition coefficient (Wildman–Crippen LogP) is 6.17. The smallest absolute Gasteiger partial charge is 0.117 e. The van der Waals surface area contributed by atoms with Gasteiger partial charge in [0.25, 0.3) is 0 Å². The van der Waals surface area contributed by atoms with Crippen LogP contribution in [0.3, 0.4) is 0 Å². The van der Waals surface area contributed by atoms with Crippen LogP contribution in [0.2, 0.25) is 0 Å². The highest BCUT2D eigenvalue weighted by Gasteiger charge is 2.22. The lowest BCUT2D eigenvalue weighted by atomic mass is 10.2. The molecule has 24 heavy (non-hydrogen) atoms. The van der Waals surface area contributed by atoms with Crippen LogP contribution in [0.1, 0.15) is 18.9 Å². The minimum atomic E-state index is 0.976. The van der Waals surface area contributed by atoms with E-state index in [0.717, 1.165) is 17.1 Å². The van der Waals surface area contributed by atoms with Crippen molar-refractivity contribution < 1.29 is 0 Å². The SMILES string of the molecule is CCN1C(=CC(C)=Cc2nc3ccccc3s2)Sc2ccccc21. The van der Waals surface area contributed by atoms with Crippen molar-refractivity contribution in [1.82, 2.24) is 4.98 Å². The van der Waals surface area contributed by atoms with Gasteiger partial charge in [-0.2, -0.15) is 0 Å². The molecule has 1 aromatic heterocycles. The average Bonchev–Trinajstić information content (AvgIpc) is 3.14. The second-order valence-electron chi connectivity index (χ2n) is 5.70. The normalized spacial score (nSPS) is 16.2. The topological polar surface area (TPSA) is 16.1 Å². The summed E-state index contributed by atoms with van der Waals surface area (Å²) in [5.74, 6) is 0. The molecule has 0 unspecified atom stereocenters. The summed E-state index contributed by atoms with van der Waals surface area (Å²) >= 11 is 3.58. The highest BCUT2D eigenvalue weighted by Crippen LogP contribution is 2.45. The number of hydrogen-bond acceptors (Lipinski definition) is 4. The molecule has 0 radical (unpaired) electrons. The first-order valence-corrected chi connectivity index (χ1v) is 9.68. The predicted molar refractivity (Wildman–Crippen MR) is 107 cm³/mol. The minimum Gasteiger partial charge on any atom is -0.335 e. The number of hydrogen-bond donors (Lipinski definition) is 0. The zero-order valence-electron chi connectivity index (χ0n) is 13.7. The Bertz CT molecular complexity index is 920. The van der Waals surface area contributed by atoms with Gasteiger partial charge < -0.3 is 4.90 Å². The van der Waals surface area contributed by atoms with Gasteiger partial charge in [0.15, 0.2) is 0 Å². The number of para-hydroxylation sites is 2. The maximum atomic E-state index is 4.70. The van der Waals surface area contributed by atoms with Gasteiger partial charge in [-0.25, -0.2) is 4.98 Å². The molecule has 0 aliphatic carbocycles. The molecule has 1 aliphatic heterocycles. The van der Waals surface area contributed by atoms with Gasteiger partial charge in [0.05, 0.1) is 20.9 Å². The standard InChI is InChI=1S/C20H18N2S2/c1-3-22-16-9-5-7-11-18(16)24-20(22)13-14(2)12-19-21-15-8-4-6-10-17(15)23-19/h4-13H,3H2,1-2H3. The number of thioether (sulfide) groups is 1.